The van der Waals surface area contributed by atoms with Crippen molar-refractivity contribution < 1.29 is 9.47 Å². The summed E-state index contributed by atoms with van der Waals surface area (Å²) >= 11 is 0. The Labute approximate surface area is 227 Å². The summed E-state index contributed by atoms with van der Waals surface area (Å²) in [5.41, 5.74) is 5.51. The fourth-order valence-corrected chi connectivity index (χ4v) is 5.09. The Kier molecular flexibility index (Phi) is 7.36. The van der Waals surface area contributed by atoms with E-state index in [9.17, 15) is 0 Å². The smallest absolute Gasteiger partial charge is 0.228 e. The fourth-order valence-electron chi connectivity index (χ4n) is 5.09. The van der Waals surface area contributed by atoms with Crippen LogP contribution in [0, 0.1) is 11.3 Å². The molecule has 2 aliphatic heterocycles. The highest BCUT2D eigenvalue weighted by Gasteiger charge is 2.18. The Hall–Kier alpha value is -4.04. The molecular weight excluding hydrogens is 492 g/mol. The van der Waals surface area contributed by atoms with E-state index >= 15 is 0 Å². The average molecular weight is 525 g/mol. The van der Waals surface area contributed by atoms with Gasteiger partial charge in [0, 0.05) is 68.9 Å². The van der Waals surface area contributed by atoms with Crippen molar-refractivity contribution >= 4 is 28.4 Å². The minimum absolute atomic E-state index is 0.617. The minimum Gasteiger partial charge on any atom is -0.379 e. The molecule has 0 spiro atoms. The predicted octanol–water partition coefficient (Wildman–Crippen LogP) is 3.36. The van der Waals surface area contributed by atoms with Crippen molar-refractivity contribution in [3.8, 4) is 17.3 Å². The quantitative estimate of drug-likeness (QED) is 0.390. The highest BCUT2D eigenvalue weighted by Crippen LogP contribution is 2.29. The second-order valence-corrected chi connectivity index (χ2v) is 9.86. The van der Waals surface area contributed by atoms with Crippen LogP contribution >= 0.6 is 0 Å². The Morgan fingerprint density at radius 1 is 0.923 bits per heavy atom. The van der Waals surface area contributed by atoms with E-state index in [0.29, 0.717) is 30.5 Å². The molecule has 10 heteroatoms. The van der Waals surface area contributed by atoms with Gasteiger partial charge in [0.15, 0.2) is 0 Å². The van der Waals surface area contributed by atoms with Crippen LogP contribution in [0.25, 0.3) is 22.2 Å². The van der Waals surface area contributed by atoms with Gasteiger partial charge in [-0.1, -0.05) is 12.1 Å². The van der Waals surface area contributed by atoms with Crippen molar-refractivity contribution in [2.75, 3.05) is 69.4 Å². The highest BCUT2D eigenvalue weighted by atomic mass is 16.5. The lowest BCUT2D eigenvalue weighted by molar-refractivity contribution is 0.0383. The van der Waals surface area contributed by atoms with E-state index in [1.165, 1.54) is 5.39 Å². The van der Waals surface area contributed by atoms with Crippen molar-refractivity contribution in [3.63, 3.8) is 0 Å². The first-order valence-electron chi connectivity index (χ1n) is 13.4. The number of aromatic nitrogens is 4. The molecule has 39 heavy (non-hydrogen) atoms. The van der Waals surface area contributed by atoms with Gasteiger partial charge >= 0.3 is 0 Å². The largest absolute Gasteiger partial charge is 0.379 e. The maximum Gasteiger partial charge on any atom is 0.228 e. The zero-order valence-electron chi connectivity index (χ0n) is 22.1. The summed E-state index contributed by atoms with van der Waals surface area (Å²) in [6.45, 7) is 7.34. The first kappa shape index (κ1) is 25.2. The van der Waals surface area contributed by atoms with E-state index in [1.54, 1.807) is 12.1 Å². The molecule has 0 radical (unpaired) electrons. The number of morpholine rings is 2. The Morgan fingerprint density at radius 3 is 2.41 bits per heavy atom. The minimum atomic E-state index is 0.617. The second kappa shape index (κ2) is 11.4. The van der Waals surface area contributed by atoms with Gasteiger partial charge in [0.1, 0.15) is 5.82 Å². The number of nitrogens with one attached hydrogen (secondary N) is 1. The second-order valence-electron chi connectivity index (χ2n) is 9.86. The molecule has 0 aliphatic carbocycles. The van der Waals surface area contributed by atoms with E-state index < -0.39 is 0 Å². The lowest BCUT2D eigenvalue weighted by Crippen LogP contribution is -2.37. The van der Waals surface area contributed by atoms with Gasteiger partial charge in [0.25, 0.3) is 0 Å². The van der Waals surface area contributed by atoms with Crippen molar-refractivity contribution in [2.45, 2.75) is 6.42 Å². The van der Waals surface area contributed by atoms with Crippen LogP contribution in [0.4, 0.5) is 17.5 Å². The molecule has 200 valence electrons. The summed E-state index contributed by atoms with van der Waals surface area (Å²) in [5.74, 6) is 1.37. The van der Waals surface area contributed by atoms with Crippen LogP contribution in [-0.4, -0.2) is 83.8 Å². The van der Waals surface area contributed by atoms with Gasteiger partial charge in [-0.2, -0.15) is 15.3 Å². The van der Waals surface area contributed by atoms with E-state index in [4.69, 9.17) is 29.8 Å². The maximum absolute atomic E-state index is 9.13. The molecule has 6 rings (SSSR count). The van der Waals surface area contributed by atoms with E-state index in [1.807, 2.05) is 29.9 Å². The number of hydrogen-bond acceptors (Lipinski definition) is 9. The molecular formula is C29H32N8O2. The van der Waals surface area contributed by atoms with Crippen LogP contribution in [0.5, 0.6) is 0 Å². The van der Waals surface area contributed by atoms with Crippen LogP contribution in [0.1, 0.15) is 11.3 Å². The molecule has 2 aromatic carbocycles. The summed E-state index contributed by atoms with van der Waals surface area (Å²) < 4.78 is 13.0. The molecule has 2 saturated heterocycles. The Morgan fingerprint density at radius 2 is 1.67 bits per heavy atom. The van der Waals surface area contributed by atoms with Gasteiger partial charge in [-0.05, 0) is 30.3 Å². The number of fused-ring (bicyclic) bond motifs is 1. The Bertz CT molecular complexity index is 1480. The SMILES string of the molecule is Cn1nc(CCN2CCOCC2)c2ccc(-c3cc(Nc4ccc(C#N)cc4)nc(N4CCOCC4)n3)cc21. The van der Waals surface area contributed by atoms with Gasteiger partial charge in [-0.15, -0.1) is 0 Å². The molecule has 1 N–H and O–H groups in total. The highest BCUT2D eigenvalue weighted by molar-refractivity contribution is 5.87. The normalized spacial score (nSPS) is 16.4. The number of benzene rings is 2. The number of hydrogen-bond donors (Lipinski definition) is 1. The lowest BCUT2D eigenvalue weighted by Gasteiger charge is -2.27. The van der Waals surface area contributed by atoms with Crippen molar-refractivity contribution in [3.05, 3.63) is 59.8 Å². The number of nitrogens with zero attached hydrogens (tertiary/aromatic N) is 7. The van der Waals surface area contributed by atoms with E-state index in [2.05, 4.69) is 39.4 Å². The third-order valence-corrected chi connectivity index (χ3v) is 7.29. The zero-order valence-corrected chi connectivity index (χ0v) is 22.1. The molecule has 4 aromatic rings. The number of nitriles is 1. The molecule has 0 unspecified atom stereocenters. The molecule has 10 nitrogen and oxygen atoms in total. The third-order valence-electron chi connectivity index (χ3n) is 7.29. The van der Waals surface area contributed by atoms with Gasteiger partial charge in [-0.25, -0.2) is 4.98 Å². The number of rotatable bonds is 7. The van der Waals surface area contributed by atoms with Gasteiger partial charge in [-0.3, -0.25) is 9.58 Å². The summed E-state index contributed by atoms with van der Waals surface area (Å²) in [7, 11) is 2.00. The average Bonchev–Trinajstić information content (AvgIpc) is 3.31. The van der Waals surface area contributed by atoms with Crippen LogP contribution in [-0.2, 0) is 22.9 Å². The number of aryl methyl sites for hydroxylation is 1. The van der Waals surface area contributed by atoms with Crippen LogP contribution in [0.15, 0.2) is 48.5 Å². The molecule has 2 aromatic heterocycles. The molecule has 0 bridgehead atoms. The first-order chi connectivity index (χ1) is 19.2. The first-order valence-corrected chi connectivity index (χ1v) is 13.4. The van der Waals surface area contributed by atoms with Crippen molar-refractivity contribution in [2.24, 2.45) is 7.05 Å². The number of ether oxygens (including phenoxy) is 2. The summed E-state index contributed by atoms with van der Waals surface area (Å²) in [4.78, 5) is 14.4. The third kappa shape index (κ3) is 5.71. The summed E-state index contributed by atoms with van der Waals surface area (Å²) in [5, 5.41) is 18.6. The van der Waals surface area contributed by atoms with Gasteiger partial charge in [0.05, 0.1) is 55.0 Å². The molecule has 2 aliphatic rings. The maximum atomic E-state index is 9.13. The monoisotopic (exact) mass is 524 g/mol. The molecule has 0 saturated carbocycles. The van der Waals surface area contributed by atoms with Gasteiger partial charge in [0.2, 0.25) is 5.95 Å². The lowest BCUT2D eigenvalue weighted by atomic mass is 10.1. The van der Waals surface area contributed by atoms with E-state index in [-0.39, 0.29) is 0 Å². The van der Waals surface area contributed by atoms with Crippen molar-refractivity contribution in [1.82, 2.24) is 24.6 Å². The van der Waals surface area contributed by atoms with E-state index in [0.717, 1.165) is 80.5 Å². The molecule has 4 heterocycles. The van der Waals surface area contributed by atoms with Crippen LogP contribution in [0.2, 0.25) is 0 Å². The van der Waals surface area contributed by atoms with Crippen molar-refractivity contribution in [1.29, 1.82) is 5.26 Å². The Balaban J connectivity index is 1.31. The fraction of sp³-hybridized carbons (Fsp3) is 0.379. The standard InChI is InChI=1S/C29H32N8O2/c1-35-27-18-22(4-7-24(27)25(34-35)8-9-36-10-14-38-15-11-36)26-19-28(31-23-5-2-21(20-30)3-6-23)33-29(32-26)37-12-16-39-17-13-37/h2-7,18-19H,8-17H2,1H3,(H,31,32,33). The predicted molar refractivity (Wildman–Crippen MR) is 150 cm³/mol. The summed E-state index contributed by atoms with van der Waals surface area (Å²) in [6.07, 6.45) is 0.907. The van der Waals surface area contributed by atoms with Gasteiger partial charge < -0.3 is 19.7 Å². The molecule has 2 fully saturated rings. The zero-order chi connectivity index (χ0) is 26.6. The number of anilines is 3. The van der Waals surface area contributed by atoms with Crippen LogP contribution in [0.3, 0.4) is 0 Å². The summed E-state index contributed by atoms with van der Waals surface area (Å²) in [6, 6.07) is 17.9. The molecule has 0 amide bonds. The van der Waals surface area contributed by atoms with Crippen LogP contribution < -0.4 is 10.2 Å². The topological polar surface area (TPSA) is 104 Å². The molecule has 0 atom stereocenters.